The van der Waals surface area contributed by atoms with Crippen molar-refractivity contribution in [2.45, 2.75) is 26.6 Å². The van der Waals surface area contributed by atoms with Gasteiger partial charge in [0.1, 0.15) is 11.0 Å². The van der Waals surface area contributed by atoms with Crippen LogP contribution in [-0.2, 0) is 11.3 Å². The van der Waals surface area contributed by atoms with Crippen molar-refractivity contribution in [1.82, 2.24) is 14.9 Å². The maximum Gasteiger partial charge on any atom is 0.491 e. The third-order valence-corrected chi connectivity index (χ3v) is 7.48. The average Bonchev–Trinajstić information content (AvgIpc) is 3.27. The van der Waals surface area contributed by atoms with Crippen LogP contribution in [0.25, 0.3) is 22.2 Å². The van der Waals surface area contributed by atoms with E-state index in [2.05, 4.69) is 10.2 Å². The Kier molecular flexibility index (Phi) is 7.50. The van der Waals surface area contributed by atoms with E-state index in [-0.39, 0.29) is 17.8 Å². The molecule has 0 amide bonds. The number of benzene rings is 3. The Morgan fingerprint density at radius 2 is 1.69 bits per heavy atom. The molecule has 11 heteroatoms. The second kappa shape index (κ2) is 10.7. The first-order chi connectivity index (χ1) is 18.6. The molecule has 0 atom stereocenters. The van der Waals surface area contributed by atoms with Gasteiger partial charge in [-0.05, 0) is 48.7 Å². The van der Waals surface area contributed by atoms with Crippen molar-refractivity contribution in [2.75, 3.05) is 31.1 Å². The maximum atomic E-state index is 13.4. The number of rotatable bonds is 5. The van der Waals surface area contributed by atoms with Crippen LogP contribution in [0.5, 0.6) is 5.75 Å². The van der Waals surface area contributed by atoms with Crippen molar-refractivity contribution in [3.8, 4) is 16.9 Å². The van der Waals surface area contributed by atoms with Crippen LogP contribution in [0.1, 0.15) is 16.7 Å². The maximum absolute atomic E-state index is 13.4. The van der Waals surface area contributed by atoms with Crippen LogP contribution >= 0.6 is 23.2 Å². The molecule has 0 radical (unpaired) electrons. The molecule has 0 saturated carbocycles. The number of piperazine rings is 1. The van der Waals surface area contributed by atoms with E-state index < -0.39 is 12.1 Å². The molecule has 1 N–H and O–H groups in total. The predicted molar refractivity (Wildman–Crippen MR) is 147 cm³/mol. The van der Waals surface area contributed by atoms with E-state index in [1.54, 1.807) is 38.1 Å². The van der Waals surface area contributed by atoms with Crippen molar-refractivity contribution >= 4 is 46.2 Å². The van der Waals surface area contributed by atoms with E-state index in [0.717, 1.165) is 18.7 Å². The standard InChI is InChI=1S/C28H25Cl2F3N4O2/c1-16-17(2)25(39-26(38)28(31,32)33)24-23(22(16)20-5-3-4-6-21(20)30)35-27(36-13-11-34-12-14-36)37(24)15-18-7-9-19(29)10-8-18/h3-10,34H,11-15H2,1-2H3. The zero-order chi connectivity index (χ0) is 27.9. The molecule has 1 saturated heterocycles. The van der Waals surface area contributed by atoms with Crippen LogP contribution in [0.4, 0.5) is 19.1 Å². The third kappa shape index (κ3) is 5.31. The van der Waals surface area contributed by atoms with Crippen LogP contribution in [0, 0.1) is 13.8 Å². The van der Waals surface area contributed by atoms with Crippen LogP contribution in [0.15, 0.2) is 48.5 Å². The Balaban J connectivity index is 1.85. The molecule has 1 aliphatic rings. The third-order valence-electron chi connectivity index (χ3n) is 6.90. The topological polar surface area (TPSA) is 59.4 Å². The highest BCUT2D eigenvalue weighted by Crippen LogP contribution is 2.45. The molecule has 0 unspecified atom stereocenters. The van der Waals surface area contributed by atoms with Crippen LogP contribution in [0.2, 0.25) is 10.0 Å². The van der Waals surface area contributed by atoms with Gasteiger partial charge in [-0.15, -0.1) is 0 Å². The zero-order valence-corrected chi connectivity index (χ0v) is 22.7. The van der Waals surface area contributed by atoms with Gasteiger partial charge in [-0.3, -0.25) is 0 Å². The minimum absolute atomic E-state index is 0.177. The van der Waals surface area contributed by atoms with Crippen LogP contribution < -0.4 is 15.0 Å². The molecule has 204 valence electrons. The van der Waals surface area contributed by atoms with Crippen LogP contribution in [-0.4, -0.2) is 47.9 Å². The number of nitrogens with zero attached hydrogens (tertiary/aromatic N) is 3. The summed E-state index contributed by atoms with van der Waals surface area (Å²) < 4.78 is 47.1. The lowest BCUT2D eigenvalue weighted by atomic mass is 9.94. The SMILES string of the molecule is Cc1c(C)c(OC(=O)C(F)(F)F)c2c(nc(N3CCNCC3)n2Cc2ccc(Cl)cc2)c1-c1ccccc1Cl. The first-order valence-electron chi connectivity index (χ1n) is 12.3. The van der Waals surface area contributed by atoms with Crippen molar-refractivity contribution in [1.29, 1.82) is 0 Å². The Morgan fingerprint density at radius 1 is 1.03 bits per heavy atom. The molecule has 39 heavy (non-hydrogen) atoms. The quantitative estimate of drug-likeness (QED) is 0.215. The summed E-state index contributed by atoms with van der Waals surface area (Å²) in [5.41, 5.74) is 3.89. The summed E-state index contributed by atoms with van der Waals surface area (Å²) in [7, 11) is 0. The number of ether oxygens (including phenoxy) is 1. The van der Waals surface area contributed by atoms with E-state index in [9.17, 15) is 18.0 Å². The summed E-state index contributed by atoms with van der Waals surface area (Å²) >= 11 is 12.7. The molecule has 4 aromatic rings. The summed E-state index contributed by atoms with van der Waals surface area (Å²) in [5, 5.41) is 4.33. The summed E-state index contributed by atoms with van der Waals surface area (Å²) in [4.78, 5) is 19.2. The van der Waals surface area contributed by atoms with Gasteiger partial charge in [0.2, 0.25) is 5.95 Å². The lowest BCUT2D eigenvalue weighted by molar-refractivity contribution is -0.189. The number of halogens is 5. The van der Waals surface area contributed by atoms with E-state index in [1.165, 1.54) is 0 Å². The second-order valence-corrected chi connectivity index (χ2v) is 10.2. The Labute approximate surface area is 233 Å². The first-order valence-corrected chi connectivity index (χ1v) is 13.1. The van der Waals surface area contributed by atoms with Crippen LogP contribution in [0.3, 0.4) is 0 Å². The van der Waals surface area contributed by atoms with Crippen molar-refractivity contribution in [3.05, 3.63) is 75.3 Å². The molecule has 3 aromatic carbocycles. The smallest absolute Gasteiger partial charge is 0.417 e. The van der Waals surface area contributed by atoms with Gasteiger partial charge < -0.3 is 19.5 Å². The van der Waals surface area contributed by atoms with Gasteiger partial charge in [0.05, 0.1) is 6.54 Å². The molecule has 0 bridgehead atoms. The number of anilines is 1. The number of aromatic nitrogens is 2. The van der Waals surface area contributed by atoms with Crippen molar-refractivity contribution in [2.24, 2.45) is 0 Å². The highest BCUT2D eigenvalue weighted by atomic mass is 35.5. The van der Waals surface area contributed by atoms with E-state index in [0.29, 0.717) is 56.9 Å². The van der Waals surface area contributed by atoms with Gasteiger partial charge in [0, 0.05) is 47.4 Å². The molecule has 1 fully saturated rings. The normalized spacial score (nSPS) is 14.2. The van der Waals surface area contributed by atoms with Gasteiger partial charge in [-0.2, -0.15) is 13.2 Å². The highest BCUT2D eigenvalue weighted by molar-refractivity contribution is 6.33. The molecular weight excluding hydrogens is 552 g/mol. The fourth-order valence-electron chi connectivity index (χ4n) is 4.86. The Morgan fingerprint density at radius 3 is 2.33 bits per heavy atom. The second-order valence-electron chi connectivity index (χ2n) is 9.38. The molecule has 1 aliphatic heterocycles. The van der Waals surface area contributed by atoms with E-state index in [1.807, 2.05) is 28.8 Å². The largest absolute Gasteiger partial charge is 0.491 e. The highest BCUT2D eigenvalue weighted by Gasteiger charge is 2.42. The minimum Gasteiger partial charge on any atom is -0.417 e. The number of fused-ring (bicyclic) bond motifs is 1. The summed E-state index contributed by atoms with van der Waals surface area (Å²) in [6, 6.07) is 14.4. The van der Waals surface area contributed by atoms with Gasteiger partial charge in [-0.25, -0.2) is 9.78 Å². The molecule has 1 aromatic heterocycles. The zero-order valence-electron chi connectivity index (χ0n) is 21.2. The molecule has 0 spiro atoms. The molecule has 6 nitrogen and oxygen atoms in total. The number of hydrogen-bond acceptors (Lipinski definition) is 5. The molecule has 2 heterocycles. The first kappa shape index (κ1) is 27.3. The average molecular weight is 577 g/mol. The van der Waals surface area contributed by atoms with Crippen molar-refractivity contribution in [3.63, 3.8) is 0 Å². The molecule has 0 aliphatic carbocycles. The summed E-state index contributed by atoms with van der Waals surface area (Å²) in [6.45, 7) is 6.38. The number of carbonyl (C=O) groups is 1. The molecular formula is C28H25Cl2F3N4O2. The molecule has 5 rings (SSSR count). The number of esters is 1. The number of alkyl halides is 3. The number of carbonyl (C=O) groups excluding carboxylic acids is 1. The minimum atomic E-state index is -5.17. The predicted octanol–water partition coefficient (Wildman–Crippen LogP) is 6.55. The fraction of sp³-hybridized carbons (Fsp3) is 0.286. The monoisotopic (exact) mass is 576 g/mol. The van der Waals surface area contributed by atoms with Gasteiger partial charge in [-0.1, -0.05) is 53.5 Å². The van der Waals surface area contributed by atoms with E-state index in [4.69, 9.17) is 32.9 Å². The van der Waals surface area contributed by atoms with Gasteiger partial charge in [0.15, 0.2) is 5.75 Å². The summed E-state index contributed by atoms with van der Waals surface area (Å²) in [5.74, 6) is -1.91. The summed E-state index contributed by atoms with van der Waals surface area (Å²) in [6.07, 6.45) is -5.17. The van der Waals surface area contributed by atoms with Gasteiger partial charge in [0.25, 0.3) is 0 Å². The Bertz CT molecular complexity index is 1550. The lowest BCUT2D eigenvalue weighted by Crippen LogP contribution is -2.44. The Hall–Kier alpha value is -3.27. The van der Waals surface area contributed by atoms with E-state index >= 15 is 0 Å². The fourth-order valence-corrected chi connectivity index (χ4v) is 5.21. The van der Waals surface area contributed by atoms with Crippen molar-refractivity contribution < 1.29 is 22.7 Å². The lowest BCUT2D eigenvalue weighted by Gasteiger charge is -2.29. The van der Waals surface area contributed by atoms with Gasteiger partial charge >= 0.3 is 12.1 Å². The number of hydrogen-bond donors (Lipinski definition) is 1. The number of imidazole rings is 1. The number of nitrogens with one attached hydrogen (secondary N) is 1.